The van der Waals surface area contributed by atoms with E-state index in [0.717, 1.165) is 89.7 Å². The number of pyridine rings is 2. The number of ether oxygens (including phenoxy) is 2. The van der Waals surface area contributed by atoms with Crippen LogP contribution in [-0.4, -0.2) is 84.1 Å². The minimum absolute atomic E-state index is 0. The molecule has 9 rings (SSSR count). The summed E-state index contributed by atoms with van der Waals surface area (Å²) < 4.78 is 18.5. The molecule has 0 spiro atoms. The van der Waals surface area contributed by atoms with E-state index in [1.807, 2.05) is 57.6 Å². The van der Waals surface area contributed by atoms with Gasteiger partial charge in [0.25, 0.3) is 0 Å². The standard InChI is InChI=1S/C22H25N7OS.C12H12BrN3O2.C10H16N4S.CH4/c1-4-29-20(15-7-5-6-8-16(15)27-29)26-22-25-18(12-31-22)17-9-10-19(21(24-17)30-3)28-11-14(2)23-13-28;1-8-6-16(7-14-8)10-4-3-9(11(17)5-13)15-12(10)18-2;1-2-14-9(12-10(11)15)7-5-3-4-6-8(7)13-14;/h9-13H,4-8H2,1-3H3,(H,25,26);3-4,6-7H,5H2,1-2H3;2-6H2,1H3,(H3,11,12,15);1H4. The Morgan fingerprint density at radius 1 is 0.785 bits per heavy atom. The van der Waals surface area contributed by atoms with Crippen LogP contribution < -0.4 is 25.8 Å². The second-order valence-electron chi connectivity index (χ2n) is 15.1. The zero-order valence-corrected chi connectivity index (χ0v) is 40.1. The average molecular weight is 986 g/mol. The van der Waals surface area contributed by atoms with Gasteiger partial charge in [-0.25, -0.2) is 34.3 Å². The van der Waals surface area contributed by atoms with E-state index in [0.29, 0.717) is 22.6 Å². The number of fused-ring (bicyclic) bond motifs is 2. The number of carbonyl (C=O) groups excluding carboxylic acids is 1. The van der Waals surface area contributed by atoms with Crippen LogP contribution in [-0.2, 0) is 38.8 Å². The lowest BCUT2D eigenvalue weighted by Crippen LogP contribution is -2.22. The number of nitrogens with two attached hydrogens (primary N) is 1. The fourth-order valence-corrected chi connectivity index (χ4v) is 8.74. The van der Waals surface area contributed by atoms with Crippen LogP contribution in [0.3, 0.4) is 0 Å². The van der Waals surface area contributed by atoms with Gasteiger partial charge in [-0.15, -0.1) is 11.3 Å². The number of ketones is 1. The molecule has 2 aliphatic rings. The number of hydrogen-bond acceptors (Lipinski definition) is 13. The first-order valence-electron chi connectivity index (χ1n) is 21.2. The molecule has 0 aromatic carbocycles. The van der Waals surface area contributed by atoms with E-state index in [9.17, 15) is 4.79 Å². The molecule has 2 aliphatic carbocycles. The third kappa shape index (κ3) is 11.3. The summed E-state index contributed by atoms with van der Waals surface area (Å²) in [6.07, 6.45) is 16.5. The molecular weight excluding hydrogens is 929 g/mol. The lowest BCUT2D eigenvalue weighted by molar-refractivity contribution is 0.101. The second kappa shape index (κ2) is 22.3. The van der Waals surface area contributed by atoms with Gasteiger partial charge < -0.3 is 35.0 Å². The zero-order chi connectivity index (χ0) is 45.3. The molecule has 0 saturated heterocycles. The molecule has 7 aromatic heterocycles. The zero-order valence-electron chi connectivity index (χ0n) is 36.9. The first-order chi connectivity index (χ1) is 31.0. The molecule has 0 atom stereocenters. The Labute approximate surface area is 397 Å². The summed E-state index contributed by atoms with van der Waals surface area (Å²) in [4.78, 5) is 33.7. The topological polar surface area (TPSA) is 196 Å². The van der Waals surface area contributed by atoms with Crippen LogP contribution in [0.25, 0.3) is 22.8 Å². The molecule has 4 N–H and O–H groups in total. The van der Waals surface area contributed by atoms with E-state index >= 15 is 0 Å². The number of alkyl halides is 1. The molecular formula is C45H57BrN14O3S2. The molecule has 0 unspecified atom stereocenters. The number of methoxy groups -OCH3 is 2. The first kappa shape index (κ1) is 48.5. The number of nitrogens with zero attached hydrogens (tertiary/aromatic N) is 11. The molecule has 0 radical (unpaired) electrons. The number of anilines is 3. The number of Topliss-reactive ketones (excluding diaryl/α,β-unsaturated/α-hetero) is 1. The van der Waals surface area contributed by atoms with Crippen molar-refractivity contribution in [2.24, 2.45) is 5.73 Å². The monoisotopic (exact) mass is 984 g/mol. The Bertz CT molecular complexity index is 2730. The Kier molecular flexibility index (Phi) is 16.6. The Hall–Kier alpha value is -5.99. The molecule has 7 aromatic rings. The molecule has 0 fully saturated rings. The summed E-state index contributed by atoms with van der Waals surface area (Å²) in [6, 6.07) is 7.42. The Morgan fingerprint density at radius 3 is 1.85 bits per heavy atom. The molecule has 344 valence electrons. The van der Waals surface area contributed by atoms with E-state index in [1.165, 1.54) is 55.3 Å². The Morgan fingerprint density at radius 2 is 1.32 bits per heavy atom. The van der Waals surface area contributed by atoms with Crippen molar-refractivity contribution in [3.05, 3.63) is 94.3 Å². The van der Waals surface area contributed by atoms with Gasteiger partial charge in [-0.05, 0) is 116 Å². The Balaban J connectivity index is 0.000000175. The SMILES string of the molecule is C.CCn1nc2c(c1NC(N)=S)CCCC2.CCn1nc2c(c1Nc1nc(-c3ccc(-n4cnc(C)c4)c(OC)n3)cs1)CCCC2.COc1nc(C(=O)CBr)ccc1-n1cnc(C)c1. The van der Waals surface area contributed by atoms with Gasteiger partial charge in [0.2, 0.25) is 11.8 Å². The van der Waals surface area contributed by atoms with Gasteiger partial charge >= 0.3 is 0 Å². The van der Waals surface area contributed by atoms with Crippen molar-refractivity contribution in [2.75, 3.05) is 30.2 Å². The summed E-state index contributed by atoms with van der Waals surface area (Å²) in [5, 5.41) is 19.3. The van der Waals surface area contributed by atoms with Crippen LogP contribution in [0.1, 0.15) is 91.3 Å². The summed E-state index contributed by atoms with van der Waals surface area (Å²) in [5.74, 6) is 2.94. The summed E-state index contributed by atoms with van der Waals surface area (Å²) in [5.41, 5.74) is 16.0. The van der Waals surface area contributed by atoms with E-state index in [2.05, 4.69) is 70.1 Å². The third-order valence-corrected chi connectivity index (χ3v) is 12.1. The van der Waals surface area contributed by atoms with Crippen molar-refractivity contribution < 1.29 is 14.3 Å². The number of thiazole rings is 1. The number of imidazole rings is 2. The maximum Gasteiger partial charge on any atom is 0.238 e. The smallest absolute Gasteiger partial charge is 0.238 e. The van der Waals surface area contributed by atoms with Gasteiger partial charge in [0.05, 0.1) is 60.7 Å². The molecule has 65 heavy (non-hydrogen) atoms. The summed E-state index contributed by atoms with van der Waals surface area (Å²) in [6.45, 7) is 9.73. The highest BCUT2D eigenvalue weighted by Crippen LogP contribution is 2.34. The van der Waals surface area contributed by atoms with E-state index in [-0.39, 0.29) is 18.5 Å². The van der Waals surface area contributed by atoms with Crippen molar-refractivity contribution >= 4 is 67.1 Å². The van der Waals surface area contributed by atoms with Gasteiger partial charge in [0.1, 0.15) is 34.4 Å². The highest BCUT2D eigenvalue weighted by atomic mass is 79.9. The van der Waals surface area contributed by atoms with E-state index in [1.54, 1.807) is 43.2 Å². The van der Waals surface area contributed by atoms with Crippen LogP contribution in [0.2, 0.25) is 0 Å². The van der Waals surface area contributed by atoms with Crippen LogP contribution in [0.15, 0.2) is 54.7 Å². The second-order valence-corrected chi connectivity index (χ2v) is 17.0. The van der Waals surface area contributed by atoms with Crippen molar-refractivity contribution in [3.8, 4) is 34.5 Å². The van der Waals surface area contributed by atoms with Crippen LogP contribution in [0, 0.1) is 13.8 Å². The van der Waals surface area contributed by atoms with Crippen LogP contribution in [0.5, 0.6) is 11.8 Å². The molecule has 0 saturated carbocycles. The van der Waals surface area contributed by atoms with E-state index < -0.39 is 0 Å². The largest absolute Gasteiger partial charge is 0.479 e. The number of aryl methyl sites for hydroxylation is 6. The first-order valence-corrected chi connectivity index (χ1v) is 23.6. The van der Waals surface area contributed by atoms with Crippen molar-refractivity contribution in [2.45, 2.75) is 99.6 Å². The molecule has 0 amide bonds. The van der Waals surface area contributed by atoms with Crippen molar-refractivity contribution in [1.29, 1.82) is 0 Å². The fourth-order valence-electron chi connectivity index (χ4n) is 7.65. The van der Waals surface area contributed by atoms with Gasteiger partial charge in [0.15, 0.2) is 16.0 Å². The number of rotatable bonds is 12. The maximum atomic E-state index is 11.5. The third-order valence-electron chi connectivity index (χ3n) is 10.7. The lowest BCUT2D eigenvalue weighted by Gasteiger charge is -2.12. The van der Waals surface area contributed by atoms with Crippen molar-refractivity contribution in [3.63, 3.8) is 0 Å². The molecule has 0 bridgehead atoms. The number of thiocarbonyl (C=S) groups is 1. The minimum Gasteiger partial charge on any atom is -0.479 e. The van der Waals surface area contributed by atoms with Gasteiger partial charge in [-0.2, -0.15) is 10.2 Å². The highest BCUT2D eigenvalue weighted by molar-refractivity contribution is 9.09. The van der Waals surface area contributed by atoms with Gasteiger partial charge in [0, 0.05) is 42.0 Å². The molecule has 20 heteroatoms. The highest BCUT2D eigenvalue weighted by Gasteiger charge is 2.22. The number of carbonyl (C=O) groups is 1. The molecule has 0 aliphatic heterocycles. The number of halogens is 1. The maximum absolute atomic E-state index is 11.5. The molecule has 17 nitrogen and oxygen atoms in total. The lowest BCUT2D eigenvalue weighted by atomic mass is 9.97. The number of aromatic nitrogens is 11. The van der Waals surface area contributed by atoms with Crippen molar-refractivity contribution in [1.82, 2.24) is 53.6 Å². The summed E-state index contributed by atoms with van der Waals surface area (Å²) in [7, 11) is 3.15. The van der Waals surface area contributed by atoms with Crippen LogP contribution >= 0.6 is 39.5 Å². The average Bonchev–Trinajstić information content (AvgIpc) is 4.18. The van der Waals surface area contributed by atoms with Gasteiger partial charge in [-0.1, -0.05) is 23.4 Å². The molecule has 7 heterocycles. The predicted octanol–water partition coefficient (Wildman–Crippen LogP) is 8.78. The fraction of sp³-hybridized carbons (Fsp3) is 0.400. The predicted molar refractivity (Wildman–Crippen MR) is 264 cm³/mol. The van der Waals surface area contributed by atoms with Gasteiger partial charge in [-0.3, -0.25) is 4.79 Å². The summed E-state index contributed by atoms with van der Waals surface area (Å²) >= 11 is 9.57. The normalized spacial score (nSPS) is 12.6. The number of nitrogens with one attached hydrogen (secondary N) is 2. The minimum atomic E-state index is -0.0818. The number of hydrogen-bond donors (Lipinski definition) is 3. The van der Waals surface area contributed by atoms with Crippen LogP contribution in [0.4, 0.5) is 16.8 Å². The quantitative estimate of drug-likeness (QED) is 0.0597. The van der Waals surface area contributed by atoms with E-state index in [4.69, 9.17) is 37.5 Å².